The Hall–Kier alpha value is -0.930. The van der Waals surface area contributed by atoms with Gasteiger partial charge in [0.05, 0.1) is 0 Å². The fourth-order valence-electron chi connectivity index (χ4n) is 1.66. The van der Waals surface area contributed by atoms with Crippen molar-refractivity contribution >= 4 is 5.97 Å². The number of hydrogen-bond acceptors (Lipinski definition) is 2. The molecule has 0 atom stereocenters. The van der Waals surface area contributed by atoms with Crippen LogP contribution in [0.25, 0.3) is 0 Å². The molecule has 0 unspecified atom stereocenters. The summed E-state index contributed by atoms with van der Waals surface area (Å²) in [5, 5.41) is 9.72. The Labute approximate surface area is 193 Å². The first-order valence-corrected chi connectivity index (χ1v) is 6.79. The number of aliphatic carboxylic acids is 1. The average molecular weight is 568 g/mol. The smallest absolute Gasteiger partial charge is 0.544 e. The van der Waals surface area contributed by atoms with Gasteiger partial charge in [-0.1, -0.05) is 0 Å². The Morgan fingerprint density at radius 2 is 0.676 bits per heavy atom. The van der Waals surface area contributed by atoms with E-state index in [1.807, 2.05) is 0 Å². The summed E-state index contributed by atoms with van der Waals surface area (Å²) in [5.41, 5.74) is 0. The predicted molar refractivity (Wildman–Crippen MR) is 55.5 cm³/mol. The summed E-state index contributed by atoms with van der Waals surface area (Å²) < 4.78 is 257. The first kappa shape index (κ1) is 35.2. The zero-order valence-electron chi connectivity index (χ0n) is 15.0. The molecule has 2 nitrogen and oxygen atoms in total. The summed E-state index contributed by atoms with van der Waals surface area (Å²) in [7, 11) is 0. The van der Waals surface area contributed by atoms with E-state index in [0.29, 0.717) is 0 Å². The zero-order chi connectivity index (χ0) is 27.7. The van der Waals surface area contributed by atoms with Crippen LogP contribution in [0.2, 0.25) is 0 Å². The number of rotatable bonds is 10. The molecule has 0 saturated heterocycles. The molecule has 0 spiro atoms. The van der Waals surface area contributed by atoms with E-state index >= 15 is 0 Å². The van der Waals surface area contributed by atoms with Crippen molar-refractivity contribution in [3.63, 3.8) is 0 Å². The summed E-state index contributed by atoms with van der Waals surface area (Å²) in [6.07, 6.45) is -6.14. The molecule has 0 amide bonds. The molecule has 0 heterocycles. The third kappa shape index (κ3) is 4.07. The van der Waals surface area contributed by atoms with Crippen LogP contribution in [0, 0.1) is 0 Å². The van der Waals surface area contributed by atoms with Gasteiger partial charge in [-0.15, -0.1) is 0 Å². The van der Waals surface area contributed by atoms with Crippen molar-refractivity contribution in [2.24, 2.45) is 0 Å². The van der Waals surface area contributed by atoms with Crippen LogP contribution in [0.5, 0.6) is 0 Å². The minimum atomic E-state index is -9.17. The molecule has 0 bridgehead atoms. The van der Waals surface area contributed by atoms with Crippen LogP contribution < -0.4 is 34.7 Å². The van der Waals surface area contributed by atoms with Crippen LogP contribution in [0.4, 0.5) is 87.8 Å². The number of halogens is 20. The molecule has 0 aliphatic carbocycles. The largest absolute Gasteiger partial charge is 1.00 e. The minimum Gasteiger partial charge on any atom is -0.544 e. The van der Waals surface area contributed by atoms with Crippen LogP contribution in [-0.2, 0) is 4.79 Å². The van der Waals surface area contributed by atoms with Crippen molar-refractivity contribution in [1.29, 1.82) is 0 Å². The normalized spacial score (nSPS) is 15.9. The molecule has 34 heavy (non-hydrogen) atoms. The summed E-state index contributed by atoms with van der Waals surface area (Å²) in [6, 6.07) is 0. The Morgan fingerprint density at radius 3 is 0.882 bits per heavy atom. The molecule has 0 N–H and O–H groups in total. The third-order valence-corrected chi connectivity index (χ3v) is 3.71. The summed E-state index contributed by atoms with van der Waals surface area (Å²) >= 11 is 0. The Kier molecular flexibility index (Phi) is 9.19. The zero-order valence-corrected chi connectivity index (χ0v) is 17.0. The van der Waals surface area contributed by atoms with Crippen LogP contribution >= 0.6 is 0 Å². The average Bonchev–Trinajstić information content (AvgIpc) is 2.59. The van der Waals surface area contributed by atoms with Gasteiger partial charge in [0.2, 0.25) is 0 Å². The standard InChI is InChI=1S/C11H2F20O2.Na/c12-1(13)3(14,15)5(18,19)7(22,23)9(26,27)11(30,31)10(28,29)8(24,25)6(20,21)4(16,17)2(32)33;/h1H,(H,32,33);/q;+1/p-1. The van der Waals surface area contributed by atoms with E-state index in [0.717, 1.165) is 0 Å². The monoisotopic (exact) mass is 568 g/mol. The van der Waals surface area contributed by atoms with Gasteiger partial charge in [-0.2, -0.15) is 79.0 Å². The number of hydrogen-bond donors (Lipinski definition) is 0. The van der Waals surface area contributed by atoms with Gasteiger partial charge < -0.3 is 9.90 Å². The number of alkyl halides is 20. The second kappa shape index (κ2) is 8.87. The van der Waals surface area contributed by atoms with Crippen LogP contribution in [0.3, 0.4) is 0 Å². The number of carboxylic acids is 1. The van der Waals surface area contributed by atoms with Crippen molar-refractivity contribution in [1.82, 2.24) is 0 Å². The van der Waals surface area contributed by atoms with Gasteiger partial charge in [0.25, 0.3) is 0 Å². The first-order chi connectivity index (χ1) is 13.9. The molecule has 0 saturated carbocycles. The van der Waals surface area contributed by atoms with Gasteiger partial charge in [0, 0.05) is 0 Å². The molecule has 0 aliphatic rings. The van der Waals surface area contributed by atoms with Gasteiger partial charge >= 0.3 is 89.3 Å². The van der Waals surface area contributed by atoms with E-state index in [1.54, 1.807) is 0 Å². The molecular formula is C11HF20NaO2. The molecule has 0 aromatic rings. The second-order valence-corrected chi connectivity index (χ2v) is 5.81. The molecule has 0 fully saturated rings. The molecule has 0 aliphatic heterocycles. The van der Waals surface area contributed by atoms with E-state index < -0.39 is 65.7 Å². The molecule has 0 aromatic carbocycles. The first-order valence-electron chi connectivity index (χ1n) is 6.79. The van der Waals surface area contributed by atoms with E-state index in [1.165, 1.54) is 0 Å². The number of carbonyl (C=O) groups is 1. The molecular weight excluding hydrogens is 567 g/mol. The molecule has 0 aromatic heterocycles. The van der Waals surface area contributed by atoms with E-state index in [2.05, 4.69) is 0 Å². The van der Waals surface area contributed by atoms with Gasteiger partial charge in [-0.3, -0.25) is 0 Å². The maximum absolute atomic E-state index is 13.2. The summed E-state index contributed by atoms with van der Waals surface area (Å²) in [6.45, 7) is 0. The fourth-order valence-corrected chi connectivity index (χ4v) is 1.66. The Morgan fingerprint density at radius 1 is 0.471 bits per heavy atom. The minimum absolute atomic E-state index is 0. The van der Waals surface area contributed by atoms with E-state index in [4.69, 9.17) is 0 Å². The Bertz CT molecular complexity index is 758. The van der Waals surface area contributed by atoms with Crippen LogP contribution in [-0.4, -0.2) is 65.7 Å². The van der Waals surface area contributed by atoms with Crippen LogP contribution in [0.1, 0.15) is 0 Å². The fraction of sp³-hybridized carbons (Fsp3) is 0.909. The van der Waals surface area contributed by atoms with Crippen molar-refractivity contribution in [2.45, 2.75) is 59.7 Å². The number of carbonyl (C=O) groups excluding carboxylic acids is 1. The number of carboxylic acid groups (broad SMARTS) is 1. The molecule has 23 heteroatoms. The SMILES string of the molecule is O=C([O-])C(F)(F)C(F)(F)C(F)(F)C(F)(F)C(F)(F)C(F)(F)C(F)(F)C(F)(F)C(F)(F)C(F)F.[Na+]. The van der Waals surface area contributed by atoms with Crippen LogP contribution in [0.15, 0.2) is 0 Å². The molecule has 0 radical (unpaired) electrons. The van der Waals surface area contributed by atoms with Crippen molar-refractivity contribution in [2.75, 3.05) is 0 Å². The Balaban J connectivity index is 0. The topological polar surface area (TPSA) is 40.1 Å². The van der Waals surface area contributed by atoms with E-state index in [9.17, 15) is 97.7 Å². The van der Waals surface area contributed by atoms with Crippen molar-refractivity contribution in [3.05, 3.63) is 0 Å². The second-order valence-electron chi connectivity index (χ2n) is 5.81. The van der Waals surface area contributed by atoms with Gasteiger partial charge in [-0.05, 0) is 0 Å². The maximum Gasteiger partial charge on any atom is 1.00 e. The summed E-state index contributed by atoms with van der Waals surface area (Å²) in [4.78, 5) is 9.72. The predicted octanol–water partition coefficient (Wildman–Crippen LogP) is 1.72. The van der Waals surface area contributed by atoms with Gasteiger partial charge in [-0.25, -0.2) is 8.78 Å². The van der Waals surface area contributed by atoms with Crippen molar-refractivity contribution in [3.8, 4) is 0 Å². The van der Waals surface area contributed by atoms with E-state index in [-0.39, 0.29) is 29.6 Å². The van der Waals surface area contributed by atoms with Gasteiger partial charge in [0.15, 0.2) is 0 Å². The molecule has 198 valence electrons. The van der Waals surface area contributed by atoms with Gasteiger partial charge in [0.1, 0.15) is 5.97 Å². The molecule has 0 rings (SSSR count). The third-order valence-electron chi connectivity index (χ3n) is 3.71. The summed E-state index contributed by atoms with van der Waals surface area (Å²) in [5.74, 6) is -82.3. The maximum atomic E-state index is 13.2. The quantitative estimate of drug-likeness (QED) is 0.298. The van der Waals surface area contributed by atoms with Crippen molar-refractivity contribution < 1.29 is 127 Å².